The van der Waals surface area contributed by atoms with E-state index in [-0.39, 0.29) is 0 Å². The summed E-state index contributed by atoms with van der Waals surface area (Å²) in [7, 11) is 0. The first-order valence-electron chi connectivity index (χ1n) is 7.17. The van der Waals surface area contributed by atoms with Crippen molar-refractivity contribution in [3.05, 3.63) is 0 Å². The van der Waals surface area contributed by atoms with Gasteiger partial charge in [-0.25, -0.2) is 0 Å². The molecule has 16 heavy (non-hydrogen) atoms. The first-order valence-corrected chi connectivity index (χ1v) is 7.17. The maximum absolute atomic E-state index is 2.57. The molecule has 5 atom stereocenters. The minimum atomic E-state index is 0.530. The maximum Gasteiger partial charge on any atom is -0.0179 e. The molecule has 2 rings (SSSR count). The van der Waals surface area contributed by atoms with Crippen LogP contribution in [0.3, 0.4) is 0 Å². The number of rotatable bonds is 2. The topological polar surface area (TPSA) is 0 Å². The van der Waals surface area contributed by atoms with Crippen LogP contribution in [0.15, 0.2) is 0 Å². The van der Waals surface area contributed by atoms with E-state index in [1.54, 1.807) is 0 Å². The summed E-state index contributed by atoms with van der Waals surface area (Å²) in [4.78, 5) is 0. The van der Waals surface area contributed by atoms with Gasteiger partial charge in [0, 0.05) is 0 Å². The molecule has 0 heterocycles. The van der Waals surface area contributed by atoms with Crippen molar-refractivity contribution in [3.8, 4) is 0 Å². The fourth-order valence-electron chi connectivity index (χ4n) is 5.93. The molecule has 2 aliphatic rings. The third-order valence-corrected chi connectivity index (χ3v) is 7.64. The average molecular weight is 222 g/mol. The molecule has 0 saturated heterocycles. The van der Waals surface area contributed by atoms with Crippen molar-refractivity contribution in [1.82, 2.24) is 0 Å². The Hall–Kier alpha value is 0. The Morgan fingerprint density at radius 3 is 1.94 bits per heavy atom. The van der Waals surface area contributed by atoms with Crippen LogP contribution in [0.4, 0.5) is 0 Å². The molecule has 5 unspecified atom stereocenters. The lowest BCUT2D eigenvalue weighted by Gasteiger charge is -2.85. The predicted molar refractivity (Wildman–Crippen MR) is 71.3 cm³/mol. The number of hydrogen-bond donors (Lipinski definition) is 0. The predicted octanol–water partition coefficient (Wildman–Crippen LogP) is 4.99. The second-order valence-electron chi connectivity index (χ2n) is 7.69. The van der Waals surface area contributed by atoms with Crippen LogP contribution in [-0.2, 0) is 0 Å². The molecule has 0 aromatic heterocycles. The number of hydrogen-bond acceptors (Lipinski definition) is 0. The molecule has 0 aromatic carbocycles. The lowest BCUT2D eigenvalue weighted by Crippen LogP contribution is -2.80. The summed E-state index contributed by atoms with van der Waals surface area (Å²) in [6, 6.07) is 0. The van der Waals surface area contributed by atoms with Crippen LogP contribution in [0.2, 0.25) is 0 Å². The molecule has 0 N–H and O–H groups in total. The number of fused-ring (bicyclic) bond motifs is 1. The molecule has 0 aromatic rings. The molecule has 0 bridgehead atoms. The van der Waals surface area contributed by atoms with E-state index in [9.17, 15) is 0 Å². The molecular formula is C16H30. The Morgan fingerprint density at radius 1 is 1.06 bits per heavy atom. The minimum absolute atomic E-state index is 0.530. The highest BCUT2D eigenvalue weighted by Crippen LogP contribution is 2.85. The van der Waals surface area contributed by atoms with Gasteiger partial charge in [0.1, 0.15) is 0 Å². The summed E-state index contributed by atoms with van der Waals surface area (Å²) in [5.41, 5.74) is 1.67. The summed E-state index contributed by atoms with van der Waals surface area (Å²) < 4.78 is 0. The van der Waals surface area contributed by atoms with Crippen molar-refractivity contribution < 1.29 is 0 Å². The second kappa shape index (κ2) is 3.06. The van der Waals surface area contributed by atoms with Crippen LogP contribution in [0.1, 0.15) is 61.8 Å². The maximum atomic E-state index is 2.57. The van der Waals surface area contributed by atoms with Crippen LogP contribution in [0.25, 0.3) is 0 Å². The largest absolute Gasteiger partial charge is 0.0651 e. The van der Waals surface area contributed by atoms with Crippen LogP contribution >= 0.6 is 0 Å². The third-order valence-electron chi connectivity index (χ3n) is 7.64. The van der Waals surface area contributed by atoms with Crippen molar-refractivity contribution in [1.29, 1.82) is 0 Å². The van der Waals surface area contributed by atoms with Gasteiger partial charge < -0.3 is 0 Å². The van der Waals surface area contributed by atoms with Gasteiger partial charge in [0.25, 0.3) is 0 Å². The van der Waals surface area contributed by atoms with Crippen molar-refractivity contribution >= 4 is 0 Å². The van der Waals surface area contributed by atoms with Gasteiger partial charge in [0.15, 0.2) is 0 Å². The highest BCUT2D eigenvalue weighted by atomic mass is 14.8. The SMILES string of the molecule is CCC1C2C(C)C(C)(C)C2(C)C1(C)C(C)C. The van der Waals surface area contributed by atoms with E-state index in [4.69, 9.17) is 0 Å². The smallest absolute Gasteiger partial charge is 0.0179 e. The van der Waals surface area contributed by atoms with Crippen molar-refractivity contribution in [2.24, 2.45) is 39.9 Å². The van der Waals surface area contributed by atoms with Gasteiger partial charge in [0.2, 0.25) is 0 Å². The van der Waals surface area contributed by atoms with E-state index < -0.39 is 0 Å². The molecule has 0 radical (unpaired) electrons. The molecule has 2 aliphatic carbocycles. The van der Waals surface area contributed by atoms with Gasteiger partial charge in [-0.1, -0.05) is 61.8 Å². The van der Waals surface area contributed by atoms with Crippen LogP contribution < -0.4 is 0 Å². The van der Waals surface area contributed by atoms with Gasteiger partial charge in [-0.3, -0.25) is 0 Å². The molecule has 0 nitrogen and oxygen atoms in total. The zero-order valence-corrected chi connectivity index (χ0v) is 12.5. The molecule has 0 spiro atoms. The van der Waals surface area contributed by atoms with Gasteiger partial charge in [-0.05, 0) is 39.9 Å². The Kier molecular flexibility index (Phi) is 2.38. The lowest BCUT2D eigenvalue weighted by molar-refractivity contribution is -0.379. The fraction of sp³-hybridized carbons (Fsp3) is 1.00. The van der Waals surface area contributed by atoms with E-state index in [0.717, 1.165) is 23.7 Å². The summed E-state index contributed by atoms with van der Waals surface area (Å²) in [5.74, 6) is 3.67. The normalized spacial score (nSPS) is 54.2. The van der Waals surface area contributed by atoms with Gasteiger partial charge in [-0.2, -0.15) is 0 Å². The molecule has 2 fully saturated rings. The summed E-state index contributed by atoms with van der Waals surface area (Å²) in [6.45, 7) is 19.9. The van der Waals surface area contributed by atoms with E-state index in [0.29, 0.717) is 16.2 Å². The third kappa shape index (κ3) is 0.875. The van der Waals surface area contributed by atoms with Crippen molar-refractivity contribution in [2.75, 3.05) is 0 Å². The molecule has 94 valence electrons. The van der Waals surface area contributed by atoms with Gasteiger partial charge in [0.05, 0.1) is 0 Å². The Bertz CT molecular complexity index is 293. The zero-order valence-electron chi connectivity index (χ0n) is 12.5. The first-order chi connectivity index (χ1) is 7.17. The Balaban J connectivity index is 2.41. The molecule has 2 saturated carbocycles. The van der Waals surface area contributed by atoms with Crippen LogP contribution in [0.5, 0.6) is 0 Å². The minimum Gasteiger partial charge on any atom is -0.0651 e. The molecular weight excluding hydrogens is 192 g/mol. The second-order valence-corrected chi connectivity index (χ2v) is 7.69. The highest BCUT2D eigenvalue weighted by Gasteiger charge is 2.80. The molecule has 0 heteroatoms. The zero-order chi connectivity index (χ0) is 12.5. The van der Waals surface area contributed by atoms with E-state index in [2.05, 4.69) is 55.4 Å². The monoisotopic (exact) mass is 222 g/mol. The van der Waals surface area contributed by atoms with Gasteiger partial charge >= 0.3 is 0 Å². The Morgan fingerprint density at radius 2 is 1.56 bits per heavy atom. The Labute approximate surface area is 102 Å². The fourth-order valence-corrected chi connectivity index (χ4v) is 5.93. The summed E-state index contributed by atoms with van der Waals surface area (Å²) in [6.07, 6.45) is 1.37. The van der Waals surface area contributed by atoms with Crippen LogP contribution in [-0.4, -0.2) is 0 Å². The summed E-state index contributed by atoms with van der Waals surface area (Å²) in [5, 5.41) is 0. The van der Waals surface area contributed by atoms with E-state index in [1.165, 1.54) is 6.42 Å². The summed E-state index contributed by atoms with van der Waals surface area (Å²) >= 11 is 0. The first kappa shape index (κ1) is 12.5. The lowest BCUT2D eigenvalue weighted by atomic mass is 9.19. The van der Waals surface area contributed by atoms with E-state index >= 15 is 0 Å². The van der Waals surface area contributed by atoms with Crippen molar-refractivity contribution in [2.45, 2.75) is 61.8 Å². The van der Waals surface area contributed by atoms with Crippen molar-refractivity contribution in [3.63, 3.8) is 0 Å². The van der Waals surface area contributed by atoms with E-state index in [1.807, 2.05) is 0 Å². The quantitative estimate of drug-likeness (QED) is 0.617. The molecule has 0 amide bonds. The van der Waals surface area contributed by atoms with Crippen LogP contribution in [0, 0.1) is 39.9 Å². The van der Waals surface area contributed by atoms with Gasteiger partial charge in [-0.15, -0.1) is 0 Å². The average Bonchev–Trinajstić information content (AvgIpc) is 2.21. The molecule has 0 aliphatic heterocycles. The highest BCUT2D eigenvalue weighted by molar-refractivity contribution is 5.27. The standard InChI is InChI=1S/C16H30/c1-9-12-13-11(4)14(5,6)16(13,8)15(12,7)10(2)3/h10-13H,9H2,1-8H3.